The smallest absolute Gasteiger partial charge is 0.312 e. The normalized spacial score (nSPS) is 31.7. The SMILES string of the molecule is COC(=O)CCN=C1C(=O)c2c3c(O)c(C)c4c2C(=O)[C@@](C)(OC=C[C@H](OC)[C@@H](C)[C@@H](OC(C)=O)[C@@H](C)[C@@H](O)[C@H](C)[C@@H](O)[C@@H](C)C=CC=C(C)C(=O)N[C@@H]1C3=O)O4. The van der Waals surface area contributed by atoms with Crippen LogP contribution in [0.2, 0.25) is 0 Å². The number of nitrogens with one attached hydrogen (secondary N) is 1. The number of benzene rings is 1. The number of phenols is 1. The fraction of sp³-hybridized carbons (Fsp3) is 0.537. The van der Waals surface area contributed by atoms with Gasteiger partial charge in [-0.25, -0.2) is 0 Å². The summed E-state index contributed by atoms with van der Waals surface area (Å²) < 4.78 is 27.9. The zero-order valence-corrected chi connectivity index (χ0v) is 33.8. The number of phenolic OH excluding ortho intramolecular Hbond substituents is 1. The fourth-order valence-corrected chi connectivity index (χ4v) is 7.34. The zero-order valence-electron chi connectivity index (χ0n) is 33.8. The van der Waals surface area contributed by atoms with Crippen molar-refractivity contribution in [3.63, 3.8) is 0 Å². The van der Waals surface area contributed by atoms with Crippen molar-refractivity contribution in [2.45, 2.75) is 98.1 Å². The Morgan fingerprint density at radius 2 is 1.61 bits per heavy atom. The first-order valence-corrected chi connectivity index (χ1v) is 18.6. The lowest BCUT2D eigenvalue weighted by molar-refractivity contribution is -0.160. The maximum absolute atomic E-state index is 14.4. The van der Waals surface area contributed by atoms with E-state index in [2.05, 4.69) is 15.0 Å². The molecule has 0 aromatic heterocycles. The summed E-state index contributed by atoms with van der Waals surface area (Å²) in [6.45, 7) is 11.8. The molecule has 1 aliphatic carbocycles. The molecule has 5 bridgehead atoms. The monoisotopic (exact) mass is 796 g/mol. The van der Waals surface area contributed by atoms with Crippen molar-refractivity contribution in [3.05, 3.63) is 58.4 Å². The van der Waals surface area contributed by atoms with Gasteiger partial charge in [-0.3, -0.25) is 33.8 Å². The minimum absolute atomic E-state index is 0.0526. The van der Waals surface area contributed by atoms with Gasteiger partial charge in [-0.2, -0.15) is 0 Å². The van der Waals surface area contributed by atoms with Crippen LogP contribution in [0, 0.1) is 30.6 Å². The molecule has 0 saturated heterocycles. The van der Waals surface area contributed by atoms with E-state index in [0.29, 0.717) is 0 Å². The van der Waals surface area contributed by atoms with Crippen LogP contribution in [0.15, 0.2) is 41.1 Å². The maximum Gasteiger partial charge on any atom is 0.312 e. The van der Waals surface area contributed by atoms with E-state index in [-0.39, 0.29) is 35.4 Å². The molecule has 16 nitrogen and oxygen atoms in total. The van der Waals surface area contributed by atoms with Gasteiger partial charge < -0.3 is 44.3 Å². The molecule has 310 valence electrons. The van der Waals surface area contributed by atoms with E-state index >= 15 is 0 Å². The number of aliphatic imine (C=N–C) groups is 1. The summed E-state index contributed by atoms with van der Waals surface area (Å²) in [6, 6.07) is -1.73. The van der Waals surface area contributed by atoms with E-state index in [1.807, 2.05) is 0 Å². The quantitative estimate of drug-likeness (QED) is 0.314. The molecule has 10 atom stereocenters. The number of aliphatic hydroxyl groups excluding tert-OH is 2. The Labute approximate surface area is 330 Å². The van der Waals surface area contributed by atoms with Crippen LogP contribution in [-0.2, 0) is 33.3 Å². The second-order valence-corrected chi connectivity index (χ2v) is 14.9. The molecule has 57 heavy (non-hydrogen) atoms. The highest BCUT2D eigenvalue weighted by atomic mass is 16.7. The topological polar surface area (TPSA) is 234 Å². The van der Waals surface area contributed by atoms with Crippen molar-refractivity contribution in [1.82, 2.24) is 5.32 Å². The number of carbonyl (C=O) groups excluding carboxylic acids is 6. The molecule has 4 aliphatic rings. The first-order chi connectivity index (χ1) is 26.7. The number of allylic oxidation sites excluding steroid dienone is 2. The van der Waals surface area contributed by atoms with Gasteiger partial charge in [0, 0.05) is 62.3 Å². The molecular formula is C41H52N2O14. The van der Waals surface area contributed by atoms with Crippen molar-refractivity contribution in [2.75, 3.05) is 20.8 Å². The number of rotatable bonds is 5. The third-order valence-electron chi connectivity index (χ3n) is 10.9. The molecule has 0 radical (unpaired) electrons. The maximum atomic E-state index is 14.4. The third-order valence-corrected chi connectivity index (χ3v) is 10.9. The third kappa shape index (κ3) is 8.87. The number of aliphatic hydroxyl groups is 2. The predicted octanol–water partition coefficient (Wildman–Crippen LogP) is 3.12. The highest BCUT2D eigenvalue weighted by Gasteiger charge is 2.54. The van der Waals surface area contributed by atoms with Crippen LogP contribution in [0.1, 0.15) is 91.5 Å². The minimum atomic E-state index is -2.13. The summed E-state index contributed by atoms with van der Waals surface area (Å²) >= 11 is 0. The Morgan fingerprint density at radius 3 is 2.23 bits per heavy atom. The number of hydrogen-bond donors (Lipinski definition) is 4. The molecule has 3 heterocycles. The molecule has 5 rings (SSSR count). The van der Waals surface area contributed by atoms with Crippen LogP contribution in [0.4, 0.5) is 0 Å². The summed E-state index contributed by atoms with van der Waals surface area (Å²) in [5, 5.41) is 36.6. The largest absolute Gasteiger partial charge is 0.507 e. The van der Waals surface area contributed by atoms with E-state index in [1.54, 1.807) is 33.8 Å². The molecular weight excluding hydrogens is 744 g/mol. The highest BCUT2D eigenvalue weighted by Crippen LogP contribution is 2.48. The van der Waals surface area contributed by atoms with Crippen LogP contribution in [0.5, 0.6) is 11.5 Å². The Hall–Kier alpha value is -5.19. The summed E-state index contributed by atoms with van der Waals surface area (Å²) in [6.07, 6.45) is 2.83. The molecule has 16 heteroatoms. The Morgan fingerprint density at radius 1 is 0.947 bits per heavy atom. The molecule has 1 amide bonds. The van der Waals surface area contributed by atoms with E-state index in [1.165, 1.54) is 60.1 Å². The molecule has 0 unspecified atom stereocenters. The average molecular weight is 797 g/mol. The number of ether oxygens (including phenoxy) is 5. The number of methoxy groups -OCH3 is 2. The lowest BCUT2D eigenvalue weighted by atomic mass is 9.78. The van der Waals surface area contributed by atoms with Gasteiger partial charge in [0.1, 0.15) is 29.4 Å². The Balaban J connectivity index is 1.91. The number of esters is 2. The Bertz CT molecular complexity index is 1930. The number of amides is 1. The number of aromatic hydroxyl groups is 1. The minimum Gasteiger partial charge on any atom is -0.507 e. The van der Waals surface area contributed by atoms with E-state index < -0.39 is 118 Å². The van der Waals surface area contributed by atoms with Crippen LogP contribution >= 0.6 is 0 Å². The van der Waals surface area contributed by atoms with Crippen molar-refractivity contribution >= 4 is 40.9 Å². The molecule has 0 saturated carbocycles. The number of ketones is 3. The van der Waals surface area contributed by atoms with Crippen molar-refractivity contribution in [3.8, 4) is 11.5 Å². The summed E-state index contributed by atoms with van der Waals surface area (Å²) in [5.41, 5.74) is -1.85. The van der Waals surface area contributed by atoms with E-state index in [4.69, 9.17) is 18.9 Å². The number of Topliss-reactive ketones (excluding diaryl/α,β-unsaturated/α-hetero) is 3. The molecule has 0 spiro atoms. The van der Waals surface area contributed by atoms with Gasteiger partial charge in [0.25, 0.3) is 5.78 Å². The molecule has 0 fully saturated rings. The van der Waals surface area contributed by atoms with E-state index in [9.17, 15) is 44.1 Å². The van der Waals surface area contributed by atoms with Gasteiger partial charge in [-0.15, -0.1) is 0 Å². The van der Waals surface area contributed by atoms with Crippen LogP contribution < -0.4 is 10.1 Å². The van der Waals surface area contributed by atoms with Gasteiger partial charge >= 0.3 is 17.7 Å². The molecule has 1 aromatic rings. The Kier molecular flexibility index (Phi) is 14.0. The van der Waals surface area contributed by atoms with Gasteiger partial charge in [0.15, 0.2) is 5.78 Å². The summed E-state index contributed by atoms with van der Waals surface area (Å²) in [5.74, 6) is -10.5. The van der Waals surface area contributed by atoms with Gasteiger partial charge in [0.2, 0.25) is 11.7 Å². The second kappa shape index (κ2) is 17.9. The van der Waals surface area contributed by atoms with Gasteiger partial charge in [-0.1, -0.05) is 45.9 Å². The molecule has 1 aromatic carbocycles. The van der Waals surface area contributed by atoms with Crippen LogP contribution in [-0.4, -0.2) is 113 Å². The predicted molar refractivity (Wildman–Crippen MR) is 204 cm³/mol. The fourth-order valence-electron chi connectivity index (χ4n) is 7.34. The molecule has 4 N–H and O–H groups in total. The van der Waals surface area contributed by atoms with Gasteiger partial charge in [0.05, 0.1) is 54.8 Å². The summed E-state index contributed by atoms with van der Waals surface area (Å²) in [4.78, 5) is 84.9. The second-order valence-electron chi connectivity index (χ2n) is 14.9. The first kappa shape index (κ1) is 44.5. The highest BCUT2D eigenvalue weighted by molar-refractivity contribution is 6.57. The van der Waals surface area contributed by atoms with Crippen molar-refractivity contribution in [1.29, 1.82) is 0 Å². The number of nitrogens with zero attached hydrogens (tertiary/aromatic N) is 1. The lowest BCUT2D eigenvalue weighted by Gasteiger charge is -2.38. The van der Waals surface area contributed by atoms with Crippen LogP contribution in [0.25, 0.3) is 0 Å². The van der Waals surface area contributed by atoms with Gasteiger partial charge in [-0.05, 0) is 19.9 Å². The first-order valence-electron chi connectivity index (χ1n) is 18.6. The van der Waals surface area contributed by atoms with Crippen molar-refractivity contribution < 1.29 is 67.8 Å². The summed E-state index contributed by atoms with van der Waals surface area (Å²) in [7, 11) is 2.57. The number of carbonyl (C=O) groups is 6. The van der Waals surface area contributed by atoms with E-state index in [0.717, 1.165) is 6.26 Å². The number of fused-ring (bicyclic) bond motifs is 14. The average Bonchev–Trinajstić information content (AvgIpc) is 3.44. The van der Waals surface area contributed by atoms with Crippen molar-refractivity contribution in [2.24, 2.45) is 28.7 Å². The zero-order chi connectivity index (χ0) is 42.7. The lowest BCUT2D eigenvalue weighted by Crippen LogP contribution is -2.53. The standard InChI is InChI=1S/C41H52N2O14/c1-18-12-11-13-19(2)40(52)43-31-30(42-16-14-26(45)54-10)35(49)27-28(36(31)50)34(48)23(6)38-29(27)39(51)41(8,57-38)55-17-15-25(53-9)20(3)37(56-24(7)44)22(5)33(47)21(4)32(18)46/h11-13,15,17-18,20-22,25,31-33,37,46-48H,14,16H2,1-10H3,(H,43,52)/t18-,20+,21+,22-,25-,31-,32-,33-,37+,41-/m0/s1. The molecule has 3 aliphatic heterocycles. The van der Waals surface area contributed by atoms with Crippen LogP contribution in [0.3, 0.4) is 0 Å². The number of hydrogen-bond acceptors (Lipinski definition) is 15.